The van der Waals surface area contributed by atoms with Gasteiger partial charge in [0, 0.05) is 13.7 Å². The van der Waals surface area contributed by atoms with Crippen LogP contribution < -0.4 is 5.32 Å². The van der Waals surface area contributed by atoms with Gasteiger partial charge in [0.05, 0.1) is 19.3 Å². The summed E-state index contributed by atoms with van der Waals surface area (Å²) in [5.41, 5.74) is 0.355. The molecule has 0 aliphatic carbocycles. The quantitative estimate of drug-likeness (QED) is 0.618. The molecule has 0 spiro atoms. The first-order chi connectivity index (χ1) is 7.49. The van der Waals surface area contributed by atoms with Gasteiger partial charge >= 0.3 is 0 Å². The highest BCUT2D eigenvalue weighted by Gasteiger charge is 2.11. The highest BCUT2D eigenvalue weighted by atomic mass is 16.5. The lowest BCUT2D eigenvalue weighted by Gasteiger charge is -2.21. The molecule has 16 heavy (non-hydrogen) atoms. The average Bonchev–Trinajstić information content (AvgIpc) is 2.19. The van der Waals surface area contributed by atoms with Crippen LogP contribution in [-0.4, -0.2) is 39.5 Å². The summed E-state index contributed by atoms with van der Waals surface area (Å²) in [6, 6.07) is 0.324. The van der Waals surface area contributed by atoms with E-state index in [9.17, 15) is 0 Å². The summed E-state index contributed by atoms with van der Waals surface area (Å²) in [6.45, 7) is 12.2. The van der Waals surface area contributed by atoms with Crippen LogP contribution in [0.4, 0.5) is 0 Å². The van der Waals surface area contributed by atoms with Crippen LogP contribution in [0.15, 0.2) is 0 Å². The summed E-state index contributed by atoms with van der Waals surface area (Å²) in [4.78, 5) is 0. The summed E-state index contributed by atoms with van der Waals surface area (Å²) in [5.74, 6) is 0. The lowest BCUT2D eigenvalue weighted by atomic mass is 9.93. The maximum atomic E-state index is 5.68. The molecule has 0 aromatic carbocycles. The Morgan fingerprint density at radius 2 is 1.88 bits per heavy atom. The first-order valence-corrected chi connectivity index (χ1v) is 6.29. The third-order valence-electron chi connectivity index (χ3n) is 2.37. The summed E-state index contributed by atoms with van der Waals surface area (Å²) in [6.07, 6.45) is 2.24. The minimum absolute atomic E-state index is 0.324. The fourth-order valence-electron chi connectivity index (χ4n) is 1.32. The molecule has 3 heteroatoms. The number of ether oxygens (including phenoxy) is 2. The van der Waals surface area contributed by atoms with Crippen LogP contribution in [-0.2, 0) is 9.47 Å². The molecule has 3 nitrogen and oxygen atoms in total. The number of methoxy groups -OCH3 is 1. The van der Waals surface area contributed by atoms with Crippen molar-refractivity contribution in [1.82, 2.24) is 5.32 Å². The molecule has 98 valence electrons. The molecule has 0 aromatic heterocycles. The van der Waals surface area contributed by atoms with Crippen LogP contribution >= 0.6 is 0 Å². The van der Waals surface area contributed by atoms with Gasteiger partial charge in [-0.15, -0.1) is 0 Å². The van der Waals surface area contributed by atoms with Gasteiger partial charge in [-0.1, -0.05) is 27.7 Å². The first-order valence-electron chi connectivity index (χ1n) is 6.29. The molecule has 0 amide bonds. The van der Waals surface area contributed by atoms with E-state index < -0.39 is 0 Å². The van der Waals surface area contributed by atoms with Gasteiger partial charge in [-0.2, -0.15) is 0 Å². The Hall–Kier alpha value is -0.120. The predicted octanol–water partition coefficient (Wildman–Crippen LogP) is 2.45. The van der Waals surface area contributed by atoms with Crippen molar-refractivity contribution < 1.29 is 9.47 Å². The molecule has 1 unspecified atom stereocenters. The zero-order chi connectivity index (χ0) is 12.4. The number of nitrogens with one attached hydrogen (secondary N) is 1. The molecule has 0 bridgehead atoms. The van der Waals surface area contributed by atoms with Gasteiger partial charge in [-0.3, -0.25) is 0 Å². The molecular weight excluding hydrogens is 202 g/mol. The molecule has 0 aliphatic rings. The van der Waals surface area contributed by atoms with E-state index in [4.69, 9.17) is 9.47 Å². The smallest absolute Gasteiger partial charge is 0.0642 e. The fourth-order valence-corrected chi connectivity index (χ4v) is 1.32. The van der Waals surface area contributed by atoms with Crippen molar-refractivity contribution in [1.29, 1.82) is 0 Å². The molecule has 0 heterocycles. The Kier molecular flexibility index (Phi) is 8.90. The van der Waals surface area contributed by atoms with Gasteiger partial charge in [-0.25, -0.2) is 0 Å². The van der Waals surface area contributed by atoms with E-state index in [1.165, 1.54) is 0 Å². The Balaban J connectivity index is 3.59. The molecule has 0 radical (unpaired) electrons. The van der Waals surface area contributed by atoms with Crippen molar-refractivity contribution >= 4 is 0 Å². The third-order valence-corrected chi connectivity index (χ3v) is 2.37. The van der Waals surface area contributed by atoms with Crippen molar-refractivity contribution in [3.8, 4) is 0 Å². The minimum atomic E-state index is 0.324. The Bertz CT molecular complexity index is 155. The number of rotatable bonds is 9. The average molecular weight is 231 g/mol. The molecular formula is C13H29NO2. The van der Waals surface area contributed by atoms with Gasteiger partial charge < -0.3 is 14.8 Å². The number of hydrogen-bond acceptors (Lipinski definition) is 3. The maximum Gasteiger partial charge on any atom is 0.0642 e. The largest absolute Gasteiger partial charge is 0.383 e. The molecule has 1 N–H and O–H groups in total. The van der Waals surface area contributed by atoms with E-state index >= 15 is 0 Å². The molecule has 0 aromatic rings. The SMILES string of the molecule is CCCNC(COC)COCCC(C)(C)C. The van der Waals surface area contributed by atoms with E-state index in [0.29, 0.717) is 11.5 Å². The summed E-state index contributed by atoms with van der Waals surface area (Å²) >= 11 is 0. The fraction of sp³-hybridized carbons (Fsp3) is 1.00. The highest BCUT2D eigenvalue weighted by molar-refractivity contribution is 4.65. The standard InChI is InChI=1S/C13H29NO2/c1-6-8-14-12(10-15-5)11-16-9-7-13(2,3)4/h12,14H,6-11H2,1-5H3. The maximum absolute atomic E-state index is 5.68. The summed E-state index contributed by atoms with van der Waals surface area (Å²) in [7, 11) is 1.73. The zero-order valence-corrected chi connectivity index (χ0v) is 11.6. The lowest BCUT2D eigenvalue weighted by Crippen LogP contribution is -2.38. The van der Waals surface area contributed by atoms with Crippen LogP contribution in [0.25, 0.3) is 0 Å². The van der Waals surface area contributed by atoms with Crippen LogP contribution in [0.5, 0.6) is 0 Å². The molecule has 0 rings (SSSR count). The second-order valence-electron chi connectivity index (χ2n) is 5.49. The topological polar surface area (TPSA) is 30.5 Å². The van der Waals surface area contributed by atoms with Crippen molar-refractivity contribution in [3.05, 3.63) is 0 Å². The molecule has 0 aliphatic heterocycles. The van der Waals surface area contributed by atoms with E-state index in [1.807, 2.05) is 0 Å². The van der Waals surface area contributed by atoms with Crippen LogP contribution in [0.3, 0.4) is 0 Å². The van der Waals surface area contributed by atoms with E-state index in [-0.39, 0.29) is 0 Å². The zero-order valence-electron chi connectivity index (χ0n) is 11.6. The van der Waals surface area contributed by atoms with E-state index in [2.05, 4.69) is 33.0 Å². The summed E-state index contributed by atoms with van der Waals surface area (Å²) in [5, 5.41) is 3.42. The van der Waals surface area contributed by atoms with Crippen molar-refractivity contribution in [2.75, 3.05) is 33.5 Å². The third kappa shape index (κ3) is 10.4. The minimum Gasteiger partial charge on any atom is -0.383 e. The van der Waals surface area contributed by atoms with E-state index in [0.717, 1.165) is 39.2 Å². The van der Waals surface area contributed by atoms with Crippen LogP contribution in [0.2, 0.25) is 0 Å². The summed E-state index contributed by atoms with van der Waals surface area (Å²) < 4.78 is 10.8. The Labute approximate surface area is 101 Å². The van der Waals surface area contributed by atoms with Crippen molar-refractivity contribution in [2.24, 2.45) is 5.41 Å². The normalized spacial score (nSPS) is 14.1. The molecule has 0 saturated carbocycles. The monoisotopic (exact) mass is 231 g/mol. The predicted molar refractivity (Wildman–Crippen MR) is 68.8 cm³/mol. The van der Waals surface area contributed by atoms with E-state index in [1.54, 1.807) is 7.11 Å². The second-order valence-corrected chi connectivity index (χ2v) is 5.49. The van der Waals surface area contributed by atoms with Crippen LogP contribution in [0, 0.1) is 5.41 Å². The lowest BCUT2D eigenvalue weighted by molar-refractivity contribution is 0.0619. The Morgan fingerprint density at radius 1 is 1.19 bits per heavy atom. The molecule has 0 fully saturated rings. The Morgan fingerprint density at radius 3 is 2.38 bits per heavy atom. The van der Waals surface area contributed by atoms with Gasteiger partial charge in [0.25, 0.3) is 0 Å². The van der Waals surface area contributed by atoms with Gasteiger partial charge in [0.2, 0.25) is 0 Å². The van der Waals surface area contributed by atoms with Crippen molar-refractivity contribution in [3.63, 3.8) is 0 Å². The first kappa shape index (κ1) is 15.9. The van der Waals surface area contributed by atoms with Gasteiger partial charge in [0.15, 0.2) is 0 Å². The molecule has 0 saturated heterocycles. The molecule has 1 atom stereocenters. The van der Waals surface area contributed by atoms with Gasteiger partial charge in [0.1, 0.15) is 0 Å². The second kappa shape index (κ2) is 8.97. The highest BCUT2D eigenvalue weighted by Crippen LogP contribution is 2.17. The van der Waals surface area contributed by atoms with Crippen LogP contribution in [0.1, 0.15) is 40.5 Å². The van der Waals surface area contributed by atoms with Gasteiger partial charge in [-0.05, 0) is 24.8 Å². The number of hydrogen-bond donors (Lipinski definition) is 1. The van der Waals surface area contributed by atoms with Crippen molar-refractivity contribution in [2.45, 2.75) is 46.6 Å².